The van der Waals surface area contributed by atoms with Gasteiger partial charge in [-0.2, -0.15) is 0 Å². The van der Waals surface area contributed by atoms with Crippen LogP contribution >= 0.6 is 7.60 Å². The maximum atomic E-state index is 11.6. The van der Waals surface area contributed by atoms with E-state index in [0.29, 0.717) is 23.4 Å². The molecule has 0 aliphatic carbocycles. The van der Waals surface area contributed by atoms with E-state index in [1.165, 1.54) is 30.3 Å². The van der Waals surface area contributed by atoms with Crippen LogP contribution in [0, 0.1) is 10.1 Å². The van der Waals surface area contributed by atoms with E-state index in [-0.39, 0.29) is 16.7 Å². The summed E-state index contributed by atoms with van der Waals surface area (Å²) in [6, 6.07) is 8.55. The highest BCUT2D eigenvalue weighted by Crippen LogP contribution is 2.37. The molecule has 23 heavy (non-hydrogen) atoms. The highest BCUT2D eigenvalue weighted by Gasteiger charge is 2.22. The van der Waals surface area contributed by atoms with Crippen molar-refractivity contribution in [1.29, 1.82) is 0 Å². The van der Waals surface area contributed by atoms with Gasteiger partial charge < -0.3 is 20.8 Å². The molecule has 0 heterocycles. The van der Waals surface area contributed by atoms with Gasteiger partial charge in [-0.25, -0.2) is 0 Å². The van der Waals surface area contributed by atoms with Gasteiger partial charge in [0.2, 0.25) is 0 Å². The van der Waals surface area contributed by atoms with Crippen LogP contribution in [-0.2, 0) is 11.0 Å². The van der Waals surface area contributed by atoms with E-state index >= 15 is 0 Å². The molecule has 0 amide bonds. The van der Waals surface area contributed by atoms with Gasteiger partial charge in [0.05, 0.1) is 21.6 Å². The number of anilines is 3. The first-order valence-electron chi connectivity index (χ1n) is 6.73. The molecule has 0 aliphatic heterocycles. The highest BCUT2D eigenvalue weighted by molar-refractivity contribution is 7.60. The lowest BCUT2D eigenvalue weighted by Crippen LogP contribution is -2.13. The molecule has 9 heteroatoms. The number of benzene rings is 2. The molecular weight excluding hydrogens is 321 g/mol. The van der Waals surface area contributed by atoms with Crippen LogP contribution in [0.4, 0.5) is 22.7 Å². The number of rotatable bonds is 5. The number of nitrogens with one attached hydrogen (secondary N) is 1. The van der Waals surface area contributed by atoms with Gasteiger partial charge in [0.15, 0.2) is 0 Å². The lowest BCUT2D eigenvalue weighted by atomic mass is 10.1. The number of hydrogen-bond acceptors (Lipinski definition) is 5. The molecule has 0 bridgehead atoms. The lowest BCUT2D eigenvalue weighted by molar-refractivity contribution is -0.384. The van der Waals surface area contributed by atoms with Gasteiger partial charge in [-0.3, -0.25) is 14.7 Å². The molecule has 2 aromatic carbocycles. The molecular formula is C14H16N3O5P. The van der Waals surface area contributed by atoms with Gasteiger partial charge in [0, 0.05) is 17.8 Å². The summed E-state index contributed by atoms with van der Waals surface area (Å²) in [5.41, 5.74) is 7.23. The molecule has 122 valence electrons. The first-order chi connectivity index (χ1) is 10.7. The van der Waals surface area contributed by atoms with Crippen molar-refractivity contribution in [3.8, 4) is 0 Å². The summed E-state index contributed by atoms with van der Waals surface area (Å²) in [5.74, 6) is 0. The molecule has 0 aliphatic rings. The molecule has 8 nitrogen and oxygen atoms in total. The van der Waals surface area contributed by atoms with Gasteiger partial charge in [0.1, 0.15) is 0 Å². The van der Waals surface area contributed by atoms with Crippen molar-refractivity contribution in [3.05, 3.63) is 52.1 Å². The predicted molar refractivity (Wildman–Crippen MR) is 88.3 cm³/mol. The molecule has 2 aromatic rings. The van der Waals surface area contributed by atoms with Crippen molar-refractivity contribution in [3.63, 3.8) is 0 Å². The fraction of sp³-hybridized carbons (Fsp3) is 0.143. The summed E-state index contributed by atoms with van der Waals surface area (Å²) >= 11 is 0. The topological polar surface area (TPSA) is 139 Å². The monoisotopic (exact) mass is 337 g/mol. The fourth-order valence-corrected chi connectivity index (χ4v) is 3.17. The minimum Gasteiger partial charge on any atom is -0.397 e. The van der Waals surface area contributed by atoms with Crippen LogP contribution < -0.4 is 16.4 Å². The van der Waals surface area contributed by atoms with Crippen molar-refractivity contribution >= 4 is 35.6 Å². The zero-order valence-corrected chi connectivity index (χ0v) is 13.2. The number of nitrogens with zero attached hydrogens (tertiary/aromatic N) is 1. The maximum absolute atomic E-state index is 11.6. The van der Waals surface area contributed by atoms with E-state index < -0.39 is 12.5 Å². The SMILES string of the molecule is CCc1c(Nc2ccc([N+](=O)[O-])cc2N)cccc1P(=O)(O)O. The van der Waals surface area contributed by atoms with E-state index in [0.717, 1.165) is 0 Å². The molecule has 2 rings (SSSR count). The van der Waals surface area contributed by atoms with Gasteiger partial charge in [-0.05, 0) is 30.2 Å². The number of nitrogen functional groups attached to an aromatic ring is 1. The Morgan fingerprint density at radius 3 is 2.48 bits per heavy atom. The first kappa shape index (κ1) is 17.0. The van der Waals surface area contributed by atoms with Crippen LogP contribution in [0.3, 0.4) is 0 Å². The van der Waals surface area contributed by atoms with Crippen molar-refractivity contribution in [1.82, 2.24) is 0 Å². The summed E-state index contributed by atoms with van der Waals surface area (Å²) in [6.45, 7) is 1.78. The Kier molecular flexibility index (Phi) is 4.70. The number of hydrogen-bond donors (Lipinski definition) is 4. The number of nitro groups is 1. The molecule has 0 saturated carbocycles. The number of nitrogens with two attached hydrogens (primary N) is 1. The standard InChI is InChI=1S/C14H16N3O5P/c1-2-10-12(4-3-5-14(10)23(20,21)22)16-13-7-6-9(17(18)19)8-11(13)15/h3-8,16H,2,15H2,1H3,(H2,20,21,22). The molecule has 5 N–H and O–H groups in total. The van der Waals surface area contributed by atoms with E-state index in [1.54, 1.807) is 13.0 Å². The van der Waals surface area contributed by atoms with Crippen molar-refractivity contribution < 1.29 is 19.3 Å². The summed E-state index contributed by atoms with van der Waals surface area (Å²) in [4.78, 5) is 29.0. The Balaban J connectivity index is 2.45. The normalized spacial score (nSPS) is 11.3. The van der Waals surface area contributed by atoms with E-state index in [2.05, 4.69) is 5.32 Å². The van der Waals surface area contributed by atoms with E-state index in [4.69, 9.17) is 5.73 Å². The summed E-state index contributed by atoms with van der Waals surface area (Å²) in [7, 11) is -4.40. The molecule has 0 atom stereocenters. The summed E-state index contributed by atoms with van der Waals surface area (Å²) in [5, 5.41) is 13.7. The Morgan fingerprint density at radius 1 is 1.26 bits per heavy atom. The van der Waals surface area contributed by atoms with Crippen molar-refractivity contribution in [2.45, 2.75) is 13.3 Å². The zero-order chi connectivity index (χ0) is 17.2. The second-order valence-corrected chi connectivity index (χ2v) is 6.42. The molecule has 0 fully saturated rings. The molecule has 0 unspecified atom stereocenters. The average Bonchev–Trinajstić information content (AvgIpc) is 2.47. The van der Waals surface area contributed by atoms with Crippen LogP contribution in [0.5, 0.6) is 0 Å². The van der Waals surface area contributed by atoms with Crippen molar-refractivity contribution in [2.24, 2.45) is 0 Å². The Morgan fingerprint density at radius 2 is 1.96 bits per heavy atom. The second-order valence-electron chi connectivity index (χ2n) is 4.85. The van der Waals surface area contributed by atoms with Crippen LogP contribution in [0.15, 0.2) is 36.4 Å². The van der Waals surface area contributed by atoms with Crippen LogP contribution in [0.1, 0.15) is 12.5 Å². The molecule has 0 aromatic heterocycles. The zero-order valence-electron chi connectivity index (χ0n) is 12.3. The lowest BCUT2D eigenvalue weighted by Gasteiger charge is -2.16. The minimum atomic E-state index is -4.40. The van der Waals surface area contributed by atoms with E-state index in [9.17, 15) is 24.5 Å². The van der Waals surface area contributed by atoms with Crippen molar-refractivity contribution in [2.75, 3.05) is 11.1 Å². The van der Waals surface area contributed by atoms with Gasteiger partial charge in [0.25, 0.3) is 5.69 Å². The maximum Gasteiger partial charge on any atom is 0.356 e. The van der Waals surface area contributed by atoms with Crippen LogP contribution in [-0.4, -0.2) is 14.7 Å². The predicted octanol–water partition coefficient (Wildman–Crippen LogP) is 2.29. The van der Waals surface area contributed by atoms with Crippen LogP contribution in [0.25, 0.3) is 0 Å². The molecule has 0 saturated heterocycles. The number of nitro benzene ring substituents is 1. The smallest absolute Gasteiger partial charge is 0.356 e. The Labute approximate surface area is 132 Å². The first-order valence-corrected chi connectivity index (χ1v) is 8.34. The van der Waals surface area contributed by atoms with Crippen LogP contribution in [0.2, 0.25) is 0 Å². The third-order valence-corrected chi connectivity index (χ3v) is 4.38. The molecule has 0 radical (unpaired) electrons. The van der Waals surface area contributed by atoms with E-state index in [1.807, 2.05) is 0 Å². The Hall–Kier alpha value is -2.41. The average molecular weight is 337 g/mol. The third-order valence-electron chi connectivity index (χ3n) is 3.33. The largest absolute Gasteiger partial charge is 0.397 e. The van der Waals surface area contributed by atoms with Gasteiger partial charge in [-0.15, -0.1) is 0 Å². The summed E-state index contributed by atoms with van der Waals surface area (Å²) < 4.78 is 11.6. The quantitative estimate of drug-likeness (QED) is 0.284. The summed E-state index contributed by atoms with van der Waals surface area (Å²) in [6.07, 6.45) is 0.399. The van der Waals surface area contributed by atoms with Gasteiger partial charge >= 0.3 is 7.60 Å². The Bertz CT molecular complexity index is 803. The second kappa shape index (κ2) is 6.37. The van der Waals surface area contributed by atoms with Gasteiger partial charge in [-0.1, -0.05) is 13.0 Å². The molecule has 0 spiro atoms. The fourth-order valence-electron chi connectivity index (χ4n) is 2.26. The number of non-ortho nitro benzene ring substituents is 1. The third kappa shape index (κ3) is 3.68. The highest BCUT2D eigenvalue weighted by atomic mass is 31.2. The minimum absolute atomic E-state index is 0.0505.